The highest BCUT2D eigenvalue weighted by molar-refractivity contribution is 7.07. The number of nitrogens with zero attached hydrogens (tertiary/aromatic N) is 3. The molecular formula is C18H25N3OS. The molecule has 4 nitrogen and oxygen atoms in total. The van der Waals surface area contributed by atoms with Crippen LogP contribution in [0.1, 0.15) is 42.5 Å². The van der Waals surface area contributed by atoms with Gasteiger partial charge in [-0.25, -0.2) is 0 Å². The topological polar surface area (TPSA) is 30.3 Å². The third-order valence-corrected chi connectivity index (χ3v) is 5.57. The number of ether oxygens (including phenoxy) is 1. The summed E-state index contributed by atoms with van der Waals surface area (Å²) in [7, 11) is 0. The van der Waals surface area contributed by atoms with Gasteiger partial charge < -0.3 is 4.74 Å². The zero-order valence-corrected chi connectivity index (χ0v) is 14.6. The molecule has 0 unspecified atom stereocenters. The first kappa shape index (κ1) is 15.4. The first-order valence-electron chi connectivity index (χ1n) is 8.69. The minimum atomic E-state index is 0.455. The molecule has 1 aliphatic carbocycles. The third-order valence-electron chi connectivity index (χ3n) is 4.84. The lowest BCUT2D eigenvalue weighted by atomic mass is 9.95. The van der Waals surface area contributed by atoms with Crippen LogP contribution in [0.25, 0.3) is 0 Å². The molecule has 0 aromatic carbocycles. The number of thiophene rings is 1. The lowest BCUT2D eigenvalue weighted by molar-refractivity contribution is 0.0890. The van der Waals surface area contributed by atoms with Gasteiger partial charge in [0.2, 0.25) is 0 Å². The zero-order valence-electron chi connectivity index (χ0n) is 13.8. The van der Waals surface area contributed by atoms with Crippen LogP contribution in [0.3, 0.4) is 0 Å². The maximum Gasteiger partial charge on any atom is 0.0801 e. The van der Waals surface area contributed by atoms with Crippen LogP contribution in [-0.4, -0.2) is 34.4 Å². The summed E-state index contributed by atoms with van der Waals surface area (Å²) in [6.07, 6.45) is 4.95. The van der Waals surface area contributed by atoms with Crippen molar-refractivity contribution >= 4 is 11.3 Å². The third kappa shape index (κ3) is 3.67. The van der Waals surface area contributed by atoms with E-state index in [-0.39, 0.29) is 0 Å². The van der Waals surface area contributed by atoms with Gasteiger partial charge in [-0.05, 0) is 48.1 Å². The van der Waals surface area contributed by atoms with E-state index in [2.05, 4.69) is 39.5 Å². The van der Waals surface area contributed by atoms with E-state index in [4.69, 9.17) is 9.84 Å². The highest BCUT2D eigenvalue weighted by Gasteiger charge is 2.29. The monoisotopic (exact) mass is 331 g/mol. The lowest BCUT2D eigenvalue weighted by Gasteiger charge is -2.31. The van der Waals surface area contributed by atoms with Crippen molar-refractivity contribution in [1.29, 1.82) is 0 Å². The Kier molecular flexibility index (Phi) is 4.51. The number of hydrogen-bond acceptors (Lipinski definition) is 4. The van der Waals surface area contributed by atoms with Gasteiger partial charge in [0, 0.05) is 50.5 Å². The summed E-state index contributed by atoms with van der Waals surface area (Å²) in [4.78, 5) is 2.52. The molecule has 124 valence electrons. The number of hydrogen-bond donors (Lipinski definition) is 0. The summed E-state index contributed by atoms with van der Waals surface area (Å²) in [5, 5.41) is 9.18. The van der Waals surface area contributed by atoms with Gasteiger partial charge >= 0.3 is 0 Å². The molecule has 1 saturated carbocycles. The van der Waals surface area contributed by atoms with E-state index in [1.165, 1.54) is 29.7 Å². The van der Waals surface area contributed by atoms with Crippen molar-refractivity contribution in [2.24, 2.45) is 5.92 Å². The summed E-state index contributed by atoms with van der Waals surface area (Å²) < 4.78 is 8.09. The summed E-state index contributed by atoms with van der Waals surface area (Å²) in [6.45, 7) is 7.91. The van der Waals surface area contributed by atoms with Crippen LogP contribution in [-0.2, 0) is 24.4 Å². The van der Waals surface area contributed by atoms with Crippen LogP contribution in [0, 0.1) is 5.92 Å². The Morgan fingerprint density at radius 1 is 1.35 bits per heavy atom. The number of rotatable bonds is 7. The van der Waals surface area contributed by atoms with E-state index in [0.29, 0.717) is 5.92 Å². The molecule has 23 heavy (non-hydrogen) atoms. The standard InChI is InChI=1S/C18H25N3OS/c1-2-21-9-17-16(12-22-11-14-3-4-14)8-20(10-18(17)19-21)7-15-5-6-23-13-15/h5-6,9,13-14,16H,2-4,7-8,10-12H2,1H3/t16-/m0/s1. The molecule has 2 aromatic rings. The lowest BCUT2D eigenvalue weighted by Crippen LogP contribution is -2.34. The van der Waals surface area contributed by atoms with Gasteiger partial charge in [0.05, 0.1) is 12.3 Å². The molecule has 2 aromatic heterocycles. The molecule has 5 heteroatoms. The summed E-state index contributed by atoms with van der Waals surface area (Å²) >= 11 is 1.78. The van der Waals surface area contributed by atoms with Crippen molar-refractivity contribution in [3.8, 4) is 0 Å². The molecule has 0 spiro atoms. The fourth-order valence-corrected chi connectivity index (χ4v) is 4.01. The molecule has 1 atom stereocenters. The van der Waals surface area contributed by atoms with Gasteiger partial charge in [-0.2, -0.15) is 16.4 Å². The number of fused-ring (bicyclic) bond motifs is 1. The molecule has 1 fully saturated rings. The van der Waals surface area contributed by atoms with E-state index in [1.807, 2.05) is 0 Å². The molecule has 0 radical (unpaired) electrons. The van der Waals surface area contributed by atoms with Crippen LogP contribution in [0.15, 0.2) is 23.0 Å². The maximum absolute atomic E-state index is 6.02. The van der Waals surface area contributed by atoms with E-state index in [1.54, 1.807) is 11.3 Å². The minimum absolute atomic E-state index is 0.455. The average Bonchev–Trinajstić information content (AvgIpc) is 3.06. The quantitative estimate of drug-likeness (QED) is 0.778. The first-order valence-corrected chi connectivity index (χ1v) is 9.63. The summed E-state index contributed by atoms with van der Waals surface area (Å²) in [5.41, 5.74) is 4.06. The summed E-state index contributed by atoms with van der Waals surface area (Å²) in [5.74, 6) is 1.29. The van der Waals surface area contributed by atoms with Crippen molar-refractivity contribution in [2.75, 3.05) is 19.8 Å². The largest absolute Gasteiger partial charge is 0.380 e. The predicted molar refractivity (Wildman–Crippen MR) is 92.6 cm³/mol. The van der Waals surface area contributed by atoms with E-state index < -0.39 is 0 Å². The number of aryl methyl sites for hydroxylation is 1. The van der Waals surface area contributed by atoms with Crippen molar-refractivity contribution in [3.63, 3.8) is 0 Å². The SMILES string of the molecule is CCn1cc2c(n1)CN(Cc1ccsc1)C[C@H]2COCC1CC1. The van der Waals surface area contributed by atoms with Crippen LogP contribution in [0.5, 0.6) is 0 Å². The Hall–Kier alpha value is -1.17. The Morgan fingerprint density at radius 2 is 2.26 bits per heavy atom. The van der Waals surface area contributed by atoms with E-state index in [0.717, 1.165) is 45.3 Å². The molecular weight excluding hydrogens is 306 g/mol. The normalized spacial score (nSPS) is 21.5. The van der Waals surface area contributed by atoms with Gasteiger partial charge in [-0.15, -0.1) is 0 Å². The van der Waals surface area contributed by atoms with E-state index >= 15 is 0 Å². The Labute approximate surface area is 142 Å². The molecule has 1 aliphatic heterocycles. The van der Waals surface area contributed by atoms with Gasteiger partial charge in [0.15, 0.2) is 0 Å². The van der Waals surface area contributed by atoms with Gasteiger partial charge in [0.1, 0.15) is 0 Å². The fourth-order valence-electron chi connectivity index (χ4n) is 3.35. The second kappa shape index (κ2) is 6.75. The molecule has 0 N–H and O–H groups in total. The maximum atomic E-state index is 6.02. The highest BCUT2D eigenvalue weighted by atomic mass is 32.1. The van der Waals surface area contributed by atoms with Crippen molar-refractivity contribution < 1.29 is 4.74 Å². The van der Waals surface area contributed by atoms with Crippen LogP contribution < -0.4 is 0 Å². The van der Waals surface area contributed by atoms with Crippen molar-refractivity contribution in [3.05, 3.63) is 39.8 Å². The van der Waals surface area contributed by atoms with E-state index in [9.17, 15) is 0 Å². The predicted octanol–water partition coefficient (Wildman–Crippen LogP) is 3.49. The van der Waals surface area contributed by atoms with Crippen LogP contribution in [0.4, 0.5) is 0 Å². The fraction of sp³-hybridized carbons (Fsp3) is 0.611. The molecule has 4 rings (SSSR count). The smallest absolute Gasteiger partial charge is 0.0801 e. The second-order valence-corrected chi connectivity index (χ2v) is 7.65. The highest BCUT2D eigenvalue weighted by Crippen LogP contribution is 2.32. The zero-order chi connectivity index (χ0) is 15.6. The summed E-state index contributed by atoms with van der Waals surface area (Å²) in [6, 6.07) is 2.23. The molecule has 2 aliphatic rings. The Bertz CT molecular complexity index is 633. The Balaban J connectivity index is 1.46. The molecule has 3 heterocycles. The molecule has 0 amide bonds. The molecule has 0 saturated heterocycles. The van der Waals surface area contributed by atoms with Crippen molar-refractivity contribution in [2.45, 2.75) is 45.3 Å². The first-order chi connectivity index (χ1) is 11.3. The number of aromatic nitrogens is 2. The molecule has 0 bridgehead atoms. The van der Waals surface area contributed by atoms with Gasteiger partial charge in [0.25, 0.3) is 0 Å². The second-order valence-electron chi connectivity index (χ2n) is 6.87. The van der Waals surface area contributed by atoms with Crippen LogP contribution >= 0.6 is 11.3 Å². The average molecular weight is 331 g/mol. The van der Waals surface area contributed by atoms with Gasteiger partial charge in [-0.1, -0.05) is 0 Å². The minimum Gasteiger partial charge on any atom is -0.380 e. The van der Waals surface area contributed by atoms with Crippen LogP contribution in [0.2, 0.25) is 0 Å². The Morgan fingerprint density at radius 3 is 3.00 bits per heavy atom. The van der Waals surface area contributed by atoms with Gasteiger partial charge in [-0.3, -0.25) is 9.58 Å². The van der Waals surface area contributed by atoms with Crippen molar-refractivity contribution in [1.82, 2.24) is 14.7 Å².